The number of carboxylic acid groups (broad SMARTS) is 1. The van der Waals surface area contributed by atoms with Gasteiger partial charge in [0, 0.05) is 13.0 Å². The van der Waals surface area contributed by atoms with E-state index in [1.807, 2.05) is 18.2 Å². The molecule has 0 bridgehead atoms. The van der Waals surface area contributed by atoms with Crippen LogP contribution in [0.15, 0.2) is 24.3 Å². The Morgan fingerprint density at radius 2 is 2.17 bits per heavy atom. The summed E-state index contributed by atoms with van der Waals surface area (Å²) in [4.78, 5) is 24.3. The average molecular weight is 248 g/mol. The van der Waals surface area contributed by atoms with Crippen LogP contribution < -0.4 is 10.2 Å². The van der Waals surface area contributed by atoms with E-state index >= 15 is 0 Å². The predicted molar refractivity (Wildman–Crippen MR) is 68.7 cm³/mol. The van der Waals surface area contributed by atoms with Crippen LogP contribution in [-0.2, 0) is 9.59 Å². The van der Waals surface area contributed by atoms with Crippen LogP contribution in [0.5, 0.6) is 0 Å². The Hall–Kier alpha value is -2.04. The first-order valence-electron chi connectivity index (χ1n) is 5.98. The number of hydrogen-bond acceptors (Lipinski definition) is 3. The average Bonchev–Trinajstić information content (AvgIpc) is 2.76. The Morgan fingerprint density at radius 3 is 2.78 bits per heavy atom. The molecule has 0 radical (unpaired) electrons. The summed E-state index contributed by atoms with van der Waals surface area (Å²) in [6.45, 7) is 2.27. The number of nitrogens with one attached hydrogen (secondary N) is 1. The highest BCUT2D eigenvalue weighted by atomic mass is 16.4. The maximum atomic E-state index is 11.7. The van der Waals surface area contributed by atoms with Gasteiger partial charge in [0.2, 0.25) is 5.91 Å². The molecule has 1 amide bonds. The van der Waals surface area contributed by atoms with E-state index < -0.39 is 12.0 Å². The molecule has 0 aliphatic carbocycles. The number of carbonyl (C=O) groups is 2. The van der Waals surface area contributed by atoms with Crippen molar-refractivity contribution < 1.29 is 14.7 Å². The highest BCUT2D eigenvalue weighted by molar-refractivity contribution is 5.98. The molecule has 1 aromatic carbocycles. The number of rotatable bonds is 4. The van der Waals surface area contributed by atoms with Gasteiger partial charge in [-0.05, 0) is 25.5 Å². The second-order valence-corrected chi connectivity index (χ2v) is 4.37. The molecular formula is C13H16N2O3. The number of para-hydroxylation sites is 2. The van der Waals surface area contributed by atoms with Gasteiger partial charge >= 0.3 is 5.97 Å². The van der Waals surface area contributed by atoms with E-state index in [0.29, 0.717) is 18.7 Å². The zero-order valence-corrected chi connectivity index (χ0v) is 10.2. The number of aliphatic carboxylic acids is 1. The fraction of sp³-hybridized carbons (Fsp3) is 0.385. The SMILES string of the molecule is CC(Nc1ccccc1N1CCCC1=O)C(=O)O. The molecule has 1 saturated heterocycles. The lowest BCUT2D eigenvalue weighted by atomic mass is 10.2. The minimum absolute atomic E-state index is 0.0900. The van der Waals surface area contributed by atoms with Gasteiger partial charge in [0.15, 0.2) is 0 Å². The van der Waals surface area contributed by atoms with Crippen LogP contribution in [0.4, 0.5) is 11.4 Å². The molecule has 1 aliphatic rings. The minimum atomic E-state index is -0.919. The molecule has 2 N–H and O–H groups in total. The minimum Gasteiger partial charge on any atom is -0.480 e. The number of hydrogen-bond donors (Lipinski definition) is 2. The zero-order chi connectivity index (χ0) is 13.1. The molecule has 1 aromatic rings. The first kappa shape index (κ1) is 12.4. The molecular weight excluding hydrogens is 232 g/mol. The maximum Gasteiger partial charge on any atom is 0.325 e. The van der Waals surface area contributed by atoms with Crippen LogP contribution in [0.3, 0.4) is 0 Å². The molecule has 1 atom stereocenters. The van der Waals surface area contributed by atoms with Crippen LogP contribution in [-0.4, -0.2) is 29.6 Å². The van der Waals surface area contributed by atoms with Crippen molar-refractivity contribution in [3.8, 4) is 0 Å². The van der Waals surface area contributed by atoms with Crippen LogP contribution in [0.25, 0.3) is 0 Å². The number of amides is 1. The number of benzene rings is 1. The van der Waals surface area contributed by atoms with Gasteiger partial charge < -0.3 is 15.3 Å². The fourth-order valence-electron chi connectivity index (χ4n) is 2.03. The van der Waals surface area contributed by atoms with Crippen molar-refractivity contribution in [1.29, 1.82) is 0 Å². The number of carbonyl (C=O) groups excluding carboxylic acids is 1. The molecule has 0 spiro atoms. The van der Waals surface area contributed by atoms with E-state index in [2.05, 4.69) is 5.32 Å². The third kappa shape index (κ3) is 2.45. The van der Waals surface area contributed by atoms with Crippen molar-refractivity contribution in [3.05, 3.63) is 24.3 Å². The summed E-state index contributed by atoms with van der Waals surface area (Å²) in [5.74, 6) is -0.829. The molecule has 1 heterocycles. The lowest BCUT2D eigenvalue weighted by Crippen LogP contribution is -2.29. The topological polar surface area (TPSA) is 69.6 Å². The standard InChI is InChI=1S/C13H16N2O3/c1-9(13(17)18)14-10-5-2-3-6-11(10)15-8-4-7-12(15)16/h2-3,5-6,9,14H,4,7-8H2,1H3,(H,17,18). The van der Waals surface area contributed by atoms with Crippen molar-refractivity contribution in [2.45, 2.75) is 25.8 Å². The summed E-state index contributed by atoms with van der Waals surface area (Å²) in [7, 11) is 0. The maximum absolute atomic E-state index is 11.7. The molecule has 18 heavy (non-hydrogen) atoms. The number of carboxylic acids is 1. The monoisotopic (exact) mass is 248 g/mol. The molecule has 1 fully saturated rings. The molecule has 5 heteroatoms. The molecule has 1 unspecified atom stereocenters. The van der Waals surface area contributed by atoms with Crippen LogP contribution in [0.1, 0.15) is 19.8 Å². The molecule has 2 rings (SSSR count). The van der Waals surface area contributed by atoms with E-state index in [1.165, 1.54) is 0 Å². The highest BCUT2D eigenvalue weighted by Crippen LogP contribution is 2.29. The highest BCUT2D eigenvalue weighted by Gasteiger charge is 2.24. The van der Waals surface area contributed by atoms with Gasteiger partial charge in [-0.1, -0.05) is 12.1 Å². The van der Waals surface area contributed by atoms with E-state index in [1.54, 1.807) is 17.9 Å². The Kier molecular flexibility index (Phi) is 3.50. The lowest BCUT2D eigenvalue weighted by molar-refractivity contribution is -0.137. The van der Waals surface area contributed by atoms with E-state index in [4.69, 9.17) is 5.11 Å². The second kappa shape index (κ2) is 5.08. The second-order valence-electron chi connectivity index (χ2n) is 4.37. The van der Waals surface area contributed by atoms with E-state index in [-0.39, 0.29) is 5.91 Å². The Balaban J connectivity index is 2.25. The van der Waals surface area contributed by atoms with Crippen LogP contribution in [0, 0.1) is 0 Å². The van der Waals surface area contributed by atoms with Crippen molar-refractivity contribution in [2.75, 3.05) is 16.8 Å². The summed E-state index contributed by atoms with van der Waals surface area (Å²) in [5.41, 5.74) is 1.44. The first-order valence-corrected chi connectivity index (χ1v) is 5.98. The molecule has 5 nitrogen and oxygen atoms in total. The first-order chi connectivity index (χ1) is 8.59. The summed E-state index contributed by atoms with van der Waals surface area (Å²) in [6, 6.07) is 6.60. The predicted octanol–water partition coefficient (Wildman–Crippen LogP) is 1.70. The Morgan fingerprint density at radius 1 is 1.44 bits per heavy atom. The summed E-state index contributed by atoms with van der Waals surface area (Å²) in [6.07, 6.45) is 1.41. The fourth-order valence-corrected chi connectivity index (χ4v) is 2.03. The Labute approximate surface area is 105 Å². The Bertz CT molecular complexity index is 473. The molecule has 1 aliphatic heterocycles. The largest absolute Gasteiger partial charge is 0.480 e. The summed E-state index contributed by atoms with van der Waals surface area (Å²) >= 11 is 0. The van der Waals surface area contributed by atoms with Gasteiger partial charge in [-0.25, -0.2) is 0 Å². The summed E-state index contributed by atoms with van der Waals surface area (Å²) in [5, 5.41) is 11.8. The normalized spacial score (nSPS) is 16.7. The quantitative estimate of drug-likeness (QED) is 0.850. The van der Waals surface area contributed by atoms with Crippen molar-refractivity contribution in [3.63, 3.8) is 0 Å². The van der Waals surface area contributed by atoms with Gasteiger partial charge in [-0.15, -0.1) is 0 Å². The van der Waals surface area contributed by atoms with Crippen molar-refractivity contribution >= 4 is 23.3 Å². The number of anilines is 2. The van der Waals surface area contributed by atoms with Crippen molar-refractivity contribution in [1.82, 2.24) is 0 Å². The molecule has 0 aromatic heterocycles. The van der Waals surface area contributed by atoms with E-state index in [0.717, 1.165) is 12.1 Å². The van der Waals surface area contributed by atoms with Gasteiger partial charge in [0.1, 0.15) is 6.04 Å². The molecule has 0 saturated carbocycles. The van der Waals surface area contributed by atoms with Gasteiger partial charge in [-0.2, -0.15) is 0 Å². The smallest absolute Gasteiger partial charge is 0.325 e. The van der Waals surface area contributed by atoms with Crippen LogP contribution in [0.2, 0.25) is 0 Å². The molecule has 96 valence electrons. The number of nitrogens with zero attached hydrogens (tertiary/aromatic N) is 1. The zero-order valence-electron chi connectivity index (χ0n) is 10.2. The lowest BCUT2D eigenvalue weighted by Gasteiger charge is -2.21. The van der Waals surface area contributed by atoms with Crippen molar-refractivity contribution in [2.24, 2.45) is 0 Å². The van der Waals surface area contributed by atoms with Crippen LogP contribution >= 0.6 is 0 Å². The summed E-state index contributed by atoms with van der Waals surface area (Å²) < 4.78 is 0. The van der Waals surface area contributed by atoms with Gasteiger partial charge in [0.05, 0.1) is 11.4 Å². The third-order valence-electron chi connectivity index (χ3n) is 3.01. The van der Waals surface area contributed by atoms with Gasteiger partial charge in [0.25, 0.3) is 0 Å². The van der Waals surface area contributed by atoms with Gasteiger partial charge in [-0.3, -0.25) is 9.59 Å². The third-order valence-corrected chi connectivity index (χ3v) is 3.01. The van der Waals surface area contributed by atoms with E-state index in [9.17, 15) is 9.59 Å².